The second-order valence-electron chi connectivity index (χ2n) is 7.39. The molecular formula is C18H27N3OS. The molecule has 2 atom stereocenters. The normalized spacial score (nSPS) is 27.9. The van der Waals surface area contributed by atoms with Gasteiger partial charge in [0.25, 0.3) is 0 Å². The molecule has 2 aliphatic heterocycles. The number of carbonyl (C=O) groups is 1. The molecule has 2 saturated heterocycles. The molecular weight excluding hydrogens is 306 g/mol. The predicted octanol–water partition coefficient (Wildman–Crippen LogP) is 2.39. The third-order valence-corrected chi connectivity index (χ3v) is 7.00. The van der Waals surface area contributed by atoms with Crippen molar-refractivity contribution in [3.05, 3.63) is 22.4 Å². The first-order chi connectivity index (χ1) is 11.3. The molecule has 0 bridgehead atoms. The first kappa shape index (κ1) is 15.6. The molecule has 1 saturated carbocycles. The molecule has 1 aromatic heterocycles. The summed E-state index contributed by atoms with van der Waals surface area (Å²) < 4.78 is 0. The lowest BCUT2D eigenvalue weighted by atomic mass is 9.92. The van der Waals surface area contributed by atoms with E-state index in [4.69, 9.17) is 0 Å². The number of likely N-dealkylation sites (tertiary alicyclic amines) is 1. The second-order valence-corrected chi connectivity index (χ2v) is 8.37. The fraction of sp³-hybridized carbons (Fsp3) is 0.722. The number of rotatable bonds is 5. The average Bonchev–Trinajstić information content (AvgIpc) is 3.02. The van der Waals surface area contributed by atoms with Gasteiger partial charge in [-0.2, -0.15) is 0 Å². The lowest BCUT2D eigenvalue weighted by Gasteiger charge is -2.27. The van der Waals surface area contributed by atoms with Crippen molar-refractivity contribution in [3.8, 4) is 0 Å². The van der Waals surface area contributed by atoms with Crippen LogP contribution in [0.15, 0.2) is 17.5 Å². The molecule has 1 amide bonds. The van der Waals surface area contributed by atoms with Crippen LogP contribution in [0.4, 0.5) is 0 Å². The van der Waals surface area contributed by atoms with E-state index in [1.807, 2.05) is 11.3 Å². The van der Waals surface area contributed by atoms with Crippen molar-refractivity contribution in [2.75, 3.05) is 32.7 Å². The first-order valence-electron chi connectivity index (χ1n) is 9.04. The minimum atomic E-state index is 0.271. The number of hydrogen-bond donors (Lipinski definition) is 2. The SMILES string of the molecule is O=C(NCC(c1cccs1)N1CCCC1)C1CC12CCNCC2. The van der Waals surface area contributed by atoms with Crippen molar-refractivity contribution >= 4 is 17.2 Å². The van der Waals surface area contributed by atoms with Crippen LogP contribution in [0.3, 0.4) is 0 Å². The van der Waals surface area contributed by atoms with Gasteiger partial charge in [0.1, 0.15) is 0 Å². The lowest BCUT2D eigenvalue weighted by Crippen LogP contribution is -2.38. The predicted molar refractivity (Wildman–Crippen MR) is 93.5 cm³/mol. The summed E-state index contributed by atoms with van der Waals surface area (Å²) in [7, 11) is 0. The van der Waals surface area contributed by atoms with Crippen LogP contribution in [0, 0.1) is 11.3 Å². The smallest absolute Gasteiger partial charge is 0.223 e. The molecule has 3 heterocycles. The van der Waals surface area contributed by atoms with Crippen molar-refractivity contribution in [2.45, 2.75) is 38.1 Å². The Kier molecular flexibility index (Phi) is 4.43. The van der Waals surface area contributed by atoms with Gasteiger partial charge < -0.3 is 10.6 Å². The van der Waals surface area contributed by atoms with Gasteiger partial charge in [-0.05, 0) is 75.1 Å². The van der Waals surface area contributed by atoms with Gasteiger partial charge in [-0.3, -0.25) is 9.69 Å². The highest BCUT2D eigenvalue weighted by Crippen LogP contribution is 2.58. The summed E-state index contributed by atoms with van der Waals surface area (Å²) in [4.78, 5) is 16.6. The van der Waals surface area contributed by atoms with Gasteiger partial charge in [-0.25, -0.2) is 0 Å². The number of carbonyl (C=O) groups excluding carboxylic acids is 1. The molecule has 3 fully saturated rings. The molecule has 1 aliphatic carbocycles. The van der Waals surface area contributed by atoms with Crippen LogP contribution in [-0.4, -0.2) is 43.5 Å². The van der Waals surface area contributed by atoms with Crippen LogP contribution in [0.2, 0.25) is 0 Å². The zero-order valence-corrected chi connectivity index (χ0v) is 14.5. The molecule has 2 unspecified atom stereocenters. The zero-order chi connectivity index (χ0) is 15.7. The van der Waals surface area contributed by atoms with E-state index in [9.17, 15) is 4.79 Å². The Morgan fingerprint density at radius 2 is 2.17 bits per heavy atom. The van der Waals surface area contributed by atoms with E-state index in [2.05, 4.69) is 33.0 Å². The fourth-order valence-electron chi connectivity index (χ4n) is 4.46. The molecule has 4 rings (SSSR count). The Balaban J connectivity index is 1.35. The van der Waals surface area contributed by atoms with Gasteiger partial charge in [-0.15, -0.1) is 11.3 Å². The highest BCUT2D eigenvalue weighted by atomic mass is 32.1. The van der Waals surface area contributed by atoms with Crippen molar-refractivity contribution in [1.29, 1.82) is 0 Å². The van der Waals surface area contributed by atoms with Crippen molar-refractivity contribution < 1.29 is 4.79 Å². The van der Waals surface area contributed by atoms with Crippen LogP contribution in [0.25, 0.3) is 0 Å². The molecule has 126 valence electrons. The van der Waals surface area contributed by atoms with Gasteiger partial charge >= 0.3 is 0 Å². The number of nitrogens with zero attached hydrogens (tertiary/aromatic N) is 1. The first-order valence-corrected chi connectivity index (χ1v) is 9.92. The van der Waals surface area contributed by atoms with Crippen LogP contribution >= 0.6 is 11.3 Å². The third-order valence-electron chi connectivity index (χ3n) is 6.03. The molecule has 1 spiro atoms. The second kappa shape index (κ2) is 6.54. The summed E-state index contributed by atoms with van der Waals surface area (Å²) in [6.45, 7) is 5.25. The Morgan fingerprint density at radius 3 is 2.87 bits per heavy atom. The van der Waals surface area contributed by atoms with E-state index >= 15 is 0 Å². The van der Waals surface area contributed by atoms with Crippen LogP contribution in [-0.2, 0) is 4.79 Å². The highest BCUT2D eigenvalue weighted by Gasteiger charge is 2.57. The van der Waals surface area contributed by atoms with Crippen molar-refractivity contribution in [1.82, 2.24) is 15.5 Å². The summed E-state index contributed by atoms with van der Waals surface area (Å²) in [6.07, 6.45) is 6.02. The Labute approximate surface area is 142 Å². The van der Waals surface area contributed by atoms with E-state index < -0.39 is 0 Å². The number of nitrogens with one attached hydrogen (secondary N) is 2. The molecule has 1 aromatic rings. The van der Waals surface area contributed by atoms with Gasteiger partial charge in [0.05, 0.1) is 6.04 Å². The number of amides is 1. The average molecular weight is 334 g/mol. The number of hydrogen-bond acceptors (Lipinski definition) is 4. The number of piperidine rings is 1. The topological polar surface area (TPSA) is 44.4 Å². The summed E-state index contributed by atoms with van der Waals surface area (Å²) in [5, 5.41) is 8.84. The third kappa shape index (κ3) is 3.19. The molecule has 5 heteroatoms. The monoisotopic (exact) mass is 333 g/mol. The van der Waals surface area contributed by atoms with Gasteiger partial charge in [-0.1, -0.05) is 6.07 Å². The summed E-state index contributed by atoms with van der Waals surface area (Å²) in [5.41, 5.74) is 0.335. The van der Waals surface area contributed by atoms with Crippen LogP contribution in [0.1, 0.15) is 43.0 Å². The van der Waals surface area contributed by atoms with Crippen LogP contribution in [0.5, 0.6) is 0 Å². The molecule has 0 aromatic carbocycles. The van der Waals surface area contributed by atoms with E-state index in [1.54, 1.807) is 0 Å². The van der Waals surface area contributed by atoms with Gasteiger partial charge in [0.2, 0.25) is 5.91 Å². The summed E-state index contributed by atoms with van der Waals surface area (Å²) in [6, 6.07) is 4.70. The maximum Gasteiger partial charge on any atom is 0.223 e. The Morgan fingerprint density at radius 1 is 1.39 bits per heavy atom. The minimum absolute atomic E-state index is 0.271. The van der Waals surface area contributed by atoms with Gasteiger partial charge in [0, 0.05) is 17.3 Å². The van der Waals surface area contributed by atoms with E-state index in [0.717, 1.165) is 39.1 Å². The summed E-state index contributed by atoms with van der Waals surface area (Å²) in [5.74, 6) is 0.569. The molecule has 0 radical (unpaired) electrons. The standard InChI is InChI=1S/C18H27N3OS/c22-17(14-12-18(14)5-7-19-8-6-18)20-13-15(16-4-3-11-23-16)21-9-1-2-10-21/h3-4,11,14-15,19H,1-2,5-10,12-13H2,(H,20,22). The molecule has 3 aliphatic rings. The lowest BCUT2D eigenvalue weighted by molar-refractivity contribution is -0.123. The largest absolute Gasteiger partial charge is 0.354 e. The van der Waals surface area contributed by atoms with Crippen LogP contribution < -0.4 is 10.6 Å². The summed E-state index contributed by atoms with van der Waals surface area (Å²) >= 11 is 1.81. The van der Waals surface area contributed by atoms with E-state index in [-0.39, 0.29) is 5.92 Å². The van der Waals surface area contributed by atoms with E-state index in [1.165, 1.54) is 30.6 Å². The highest BCUT2D eigenvalue weighted by molar-refractivity contribution is 7.10. The fourth-order valence-corrected chi connectivity index (χ4v) is 5.32. The maximum absolute atomic E-state index is 12.6. The quantitative estimate of drug-likeness (QED) is 0.870. The van der Waals surface area contributed by atoms with Crippen molar-refractivity contribution in [2.24, 2.45) is 11.3 Å². The zero-order valence-electron chi connectivity index (χ0n) is 13.7. The van der Waals surface area contributed by atoms with E-state index in [0.29, 0.717) is 17.4 Å². The number of thiophene rings is 1. The molecule has 2 N–H and O–H groups in total. The Bertz CT molecular complexity index is 532. The van der Waals surface area contributed by atoms with Crippen molar-refractivity contribution in [3.63, 3.8) is 0 Å². The molecule has 4 nitrogen and oxygen atoms in total. The molecule has 23 heavy (non-hydrogen) atoms. The van der Waals surface area contributed by atoms with Gasteiger partial charge in [0.15, 0.2) is 0 Å². The minimum Gasteiger partial charge on any atom is -0.354 e. The maximum atomic E-state index is 12.6. The Hall–Kier alpha value is -0.910.